The van der Waals surface area contributed by atoms with Crippen LogP contribution in [0, 0.1) is 6.92 Å². The first kappa shape index (κ1) is 21.3. The number of ether oxygens (including phenoxy) is 3. The molecule has 0 amide bonds. The van der Waals surface area contributed by atoms with Gasteiger partial charge in [-0.25, -0.2) is 9.97 Å². The van der Waals surface area contributed by atoms with E-state index in [4.69, 9.17) is 19.2 Å². The average Bonchev–Trinajstić information content (AvgIpc) is 3.25. The molecule has 3 heterocycles. The summed E-state index contributed by atoms with van der Waals surface area (Å²) in [6.07, 6.45) is 0. The van der Waals surface area contributed by atoms with Crippen molar-refractivity contribution in [1.82, 2.24) is 24.5 Å². The fourth-order valence-corrected chi connectivity index (χ4v) is 4.48. The minimum Gasteiger partial charge on any atom is -0.493 e. The van der Waals surface area contributed by atoms with Gasteiger partial charge in [0.05, 0.1) is 26.8 Å². The second-order valence-electron chi connectivity index (χ2n) is 8.08. The molecule has 5 rings (SSSR count). The molecule has 0 spiro atoms. The van der Waals surface area contributed by atoms with E-state index in [1.54, 1.807) is 21.3 Å². The molecule has 9 nitrogen and oxygen atoms in total. The quantitative estimate of drug-likeness (QED) is 0.446. The number of benzene rings is 2. The van der Waals surface area contributed by atoms with Gasteiger partial charge in [0.25, 0.3) is 0 Å². The molecular weight excluding hydrogens is 420 g/mol. The Morgan fingerprint density at radius 2 is 1.61 bits per heavy atom. The van der Waals surface area contributed by atoms with E-state index < -0.39 is 0 Å². The Morgan fingerprint density at radius 1 is 0.848 bits per heavy atom. The van der Waals surface area contributed by atoms with Crippen LogP contribution < -0.4 is 19.1 Å². The fourth-order valence-electron chi connectivity index (χ4n) is 4.48. The topological polar surface area (TPSA) is 77.3 Å². The van der Waals surface area contributed by atoms with E-state index in [9.17, 15) is 0 Å². The maximum absolute atomic E-state index is 5.66. The Bertz CT molecular complexity index is 1300. The Kier molecular flexibility index (Phi) is 5.63. The first-order valence-electron chi connectivity index (χ1n) is 11.0. The van der Waals surface area contributed by atoms with E-state index in [0.29, 0.717) is 11.5 Å². The standard InChI is InChI=1S/C24H28N6O3/c1-16-25-23-18-7-5-6-8-19(18)26-24(30(23)27-16)29-13-11-28(12-14-29)15-17-9-10-20(31-2)22(33-4)21(17)32-3/h5-10H,11-15H2,1-4H3. The SMILES string of the molecule is COc1ccc(CN2CCN(c3nc4ccccc4c4nc(C)nn34)CC2)c(OC)c1OC. The van der Waals surface area contributed by atoms with Crippen molar-refractivity contribution in [3.8, 4) is 17.2 Å². The van der Waals surface area contributed by atoms with Crippen molar-refractivity contribution in [3.63, 3.8) is 0 Å². The lowest BCUT2D eigenvalue weighted by Crippen LogP contribution is -2.47. The molecule has 0 atom stereocenters. The molecule has 1 fully saturated rings. The molecule has 1 aliphatic rings. The highest BCUT2D eigenvalue weighted by molar-refractivity contribution is 5.92. The van der Waals surface area contributed by atoms with Crippen molar-refractivity contribution in [3.05, 3.63) is 47.8 Å². The van der Waals surface area contributed by atoms with Gasteiger partial charge in [-0.3, -0.25) is 4.90 Å². The summed E-state index contributed by atoms with van der Waals surface area (Å²) < 4.78 is 18.5. The van der Waals surface area contributed by atoms with E-state index >= 15 is 0 Å². The summed E-state index contributed by atoms with van der Waals surface area (Å²) in [7, 11) is 4.92. The molecule has 0 bridgehead atoms. The molecule has 4 aromatic rings. The minimum absolute atomic E-state index is 0.625. The van der Waals surface area contributed by atoms with Crippen LogP contribution in [0.1, 0.15) is 11.4 Å². The van der Waals surface area contributed by atoms with E-state index in [-0.39, 0.29) is 0 Å². The van der Waals surface area contributed by atoms with Crippen LogP contribution in [0.2, 0.25) is 0 Å². The third-order valence-electron chi connectivity index (χ3n) is 6.10. The normalized spacial score (nSPS) is 14.7. The summed E-state index contributed by atoms with van der Waals surface area (Å²) in [6.45, 7) is 6.15. The average molecular weight is 449 g/mol. The molecule has 9 heteroatoms. The van der Waals surface area contributed by atoms with Crippen LogP contribution in [-0.2, 0) is 6.54 Å². The van der Waals surface area contributed by atoms with Crippen LogP contribution in [0.25, 0.3) is 16.6 Å². The molecule has 2 aromatic carbocycles. The maximum atomic E-state index is 5.66. The van der Waals surface area contributed by atoms with Crippen LogP contribution >= 0.6 is 0 Å². The number of rotatable bonds is 6. The molecule has 0 radical (unpaired) electrons. The summed E-state index contributed by atoms with van der Waals surface area (Å²) in [5.41, 5.74) is 2.86. The van der Waals surface area contributed by atoms with Gasteiger partial charge in [0.15, 0.2) is 17.1 Å². The van der Waals surface area contributed by atoms with Gasteiger partial charge in [-0.15, -0.1) is 5.10 Å². The molecule has 172 valence electrons. The van der Waals surface area contributed by atoms with Gasteiger partial charge in [-0.05, 0) is 25.1 Å². The molecule has 1 saturated heterocycles. The summed E-state index contributed by atoms with van der Waals surface area (Å²) in [4.78, 5) is 14.3. The molecule has 1 aliphatic heterocycles. The number of aryl methyl sites for hydroxylation is 1. The largest absolute Gasteiger partial charge is 0.493 e. The van der Waals surface area contributed by atoms with Crippen LogP contribution in [-0.4, -0.2) is 72.0 Å². The van der Waals surface area contributed by atoms with E-state index in [2.05, 4.69) is 19.9 Å². The van der Waals surface area contributed by atoms with Crippen LogP contribution in [0.4, 0.5) is 5.95 Å². The van der Waals surface area contributed by atoms with Crippen molar-refractivity contribution >= 4 is 22.5 Å². The number of piperazine rings is 1. The van der Waals surface area contributed by atoms with Gasteiger partial charge in [-0.1, -0.05) is 18.2 Å². The zero-order valence-electron chi connectivity index (χ0n) is 19.4. The first-order chi connectivity index (χ1) is 16.1. The zero-order chi connectivity index (χ0) is 22.9. The van der Waals surface area contributed by atoms with Gasteiger partial charge >= 0.3 is 0 Å². The van der Waals surface area contributed by atoms with Gasteiger partial charge in [0.1, 0.15) is 5.82 Å². The number of hydrogen-bond donors (Lipinski definition) is 0. The third kappa shape index (κ3) is 3.78. The molecule has 33 heavy (non-hydrogen) atoms. The maximum Gasteiger partial charge on any atom is 0.229 e. The Morgan fingerprint density at radius 3 is 2.33 bits per heavy atom. The Balaban J connectivity index is 1.37. The summed E-state index contributed by atoms with van der Waals surface area (Å²) in [5.74, 6) is 3.59. The van der Waals surface area contributed by atoms with Crippen LogP contribution in [0.5, 0.6) is 17.2 Å². The predicted octanol–water partition coefficient (Wildman–Crippen LogP) is 2.93. The monoisotopic (exact) mass is 448 g/mol. The highest BCUT2D eigenvalue weighted by Crippen LogP contribution is 2.40. The fraction of sp³-hybridized carbons (Fsp3) is 0.375. The molecular formula is C24H28N6O3. The number of hydrogen-bond acceptors (Lipinski definition) is 8. The van der Waals surface area contributed by atoms with E-state index in [1.165, 1.54) is 0 Å². The van der Waals surface area contributed by atoms with E-state index in [1.807, 2.05) is 47.8 Å². The second-order valence-corrected chi connectivity index (χ2v) is 8.08. The van der Waals surface area contributed by atoms with Gasteiger partial charge < -0.3 is 19.1 Å². The minimum atomic E-state index is 0.625. The van der Waals surface area contributed by atoms with Crippen LogP contribution in [0.15, 0.2) is 36.4 Å². The summed E-state index contributed by atoms with van der Waals surface area (Å²) >= 11 is 0. The van der Waals surface area contributed by atoms with Crippen molar-refractivity contribution in [2.24, 2.45) is 0 Å². The predicted molar refractivity (Wildman–Crippen MR) is 127 cm³/mol. The summed E-state index contributed by atoms with van der Waals surface area (Å²) in [6, 6.07) is 12.1. The Hall–Kier alpha value is -3.59. The number of nitrogens with zero attached hydrogens (tertiary/aromatic N) is 6. The lowest BCUT2D eigenvalue weighted by Gasteiger charge is -2.35. The highest BCUT2D eigenvalue weighted by atomic mass is 16.5. The summed E-state index contributed by atoms with van der Waals surface area (Å²) in [5, 5.41) is 5.64. The smallest absolute Gasteiger partial charge is 0.229 e. The van der Waals surface area contributed by atoms with Crippen molar-refractivity contribution in [2.75, 3.05) is 52.4 Å². The number of anilines is 1. The van der Waals surface area contributed by atoms with Crippen LogP contribution in [0.3, 0.4) is 0 Å². The number of aromatic nitrogens is 4. The molecule has 2 aromatic heterocycles. The second kappa shape index (κ2) is 8.74. The lowest BCUT2D eigenvalue weighted by molar-refractivity contribution is 0.242. The van der Waals surface area contributed by atoms with Crippen molar-refractivity contribution < 1.29 is 14.2 Å². The van der Waals surface area contributed by atoms with Gasteiger partial charge in [0, 0.05) is 43.7 Å². The Labute approximate surface area is 192 Å². The number of methoxy groups -OCH3 is 3. The third-order valence-corrected chi connectivity index (χ3v) is 6.10. The highest BCUT2D eigenvalue weighted by Gasteiger charge is 2.24. The molecule has 0 unspecified atom stereocenters. The van der Waals surface area contributed by atoms with Crippen molar-refractivity contribution in [1.29, 1.82) is 0 Å². The lowest BCUT2D eigenvalue weighted by atomic mass is 10.1. The number of para-hydroxylation sites is 1. The zero-order valence-corrected chi connectivity index (χ0v) is 19.4. The van der Waals surface area contributed by atoms with Gasteiger partial charge in [-0.2, -0.15) is 4.52 Å². The van der Waals surface area contributed by atoms with Crippen molar-refractivity contribution in [2.45, 2.75) is 13.5 Å². The number of fused-ring (bicyclic) bond motifs is 3. The molecule has 0 N–H and O–H groups in total. The van der Waals surface area contributed by atoms with E-state index in [0.717, 1.165) is 72.4 Å². The van der Waals surface area contributed by atoms with Gasteiger partial charge in [0.2, 0.25) is 11.7 Å². The first-order valence-corrected chi connectivity index (χ1v) is 11.0. The molecule has 0 aliphatic carbocycles. The molecule has 0 saturated carbocycles.